The summed E-state index contributed by atoms with van der Waals surface area (Å²) in [7, 11) is 0. The van der Waals surface area contributed by atoms with Crippen LogP contribution in [0.2, 0.25) is 0 Å². The molecule has 1 fully saturated rings. The number of likely N-dealkylation sites (tertiary alicyclic amines) is 1. The first-order chi connectivity index (χ1) is 9.39. The van der Waals surface area contributed by atoms with E-state index in [1.807, 2.05) is 29.2 Å². The van der Waals surface area contributed by atoms with Gasteiger partial charge in [0, 0.05) is 16.7 Å². The zero-order chi connectivity index (χ0) is 14.8. The number of halogens is 1. The van der Waals surface area contributed by atoms with E-state index in [0.717, 1.165) is 41.0 Å². The molecule has 1 saturated heterocycles. The molecule has 2 nitrogen and oxygen atoms in total. The number of amides is 1. The molecule has 2 rings (SSSR count). The lowest BCUT2D eigenvalue weighted by Crippen LogP contribution is -2.33. The highest BCUT2D eigenvalue weighted by atomic mass is 127. The first-order valence-corrected chi connectivity index (χ1v) is 8.51. The minimum absolute atomic E-state index is 0.199. The van der Waals surface area contributed by atoms with E-state index in [-0.39, 0.29) is 5.91 Å². The van der Waals surface area contributed by atoms with Gasteiger partial charge in [-0.1, -0.05) is 32.9 Å². The summed E-state index contributed by atoms with van der Waals surface area (Å²) < 4.78 is 1.05. The van der Waals surface area contributed by atoms with Crippen molar-refractivity contribution in [2.75, 3.05) is 13.1 Å². The van der Waals surface area contributed by atoms with Gasteiger partial charge in [-0.25, -0.2) is 0 Å². The van der Waals surface area contributed by atoms with Crippen molar-refractivity contribution in [3.8, 4) is 0 Å². The Balaban J connectivity index is 2.08. The number of carbonyl (C=O) groups excluding carboxylic acids is 1. The third kappa shape index (κ3) is 3.74. The van der Waals surface area contributed by atoms with Crippen LogP contribution in [0.4, 0.5) is 0 Å². The van der Waals surface area contributed by atoms with Gasteiger partial charge in [0.05, 0.1) is 5.56 Å². The zero-order valence-corrected chi connectivity index (χ0v) is 14.8. The van der Waals surface area contributed by atoms with Crippen LogP contribution < -0.4 is 0 Å². The Morgan fingerprint density at radius 2 is 1.90 bits per heavy atom. The fraction of sp³-hybridized carbons (Fsp3) is 0.588. The molecule has 1 aromatic carbocycles. The molecule has 0 bridgehead atoms. The summed E-state index contributed by atoms with van der Waals surface area (Å²) in [6, 6.07) is 7.88. The second kappa shape index (κ2) is 6.46. The van der Waals surface area contributed by atoms with E-state index < -0.39 is 0 Å². The van der Waals surface area contributed by atoms with Gasteiger partial charge < -0.3 is 4.90 Å². The van der Waals surface area contributed by atoms with Crippen LogP contribution in [0.15, 0.2) is 24.3 Å². The Kier molecular flexibility index (Phi) is 5.10. The van der Waals surface area contributed by atoms with Crippen LogP contribution in [-0.2, 0) is 0 Å². The van der Waals surface area contributed by atoms with Crippen LogP contribution in [0, 0.1) is 14.9 Å². The van der Waals surface area contributed by atoms with E-state index in [2.05, 4.69) is 43.4 Å². The molecule has 1 aliphatic rings. The normalized spacial score (nSPS) is 20.6. The Labute approximate surface area is 136 Å². The fourth-order valence-corrected chi connectivity index (χ4v) is 3.59. The number of carbonyl (C=O) groups is 1. The van der Waals surface area contributed by atoms with Crippen molar-refractivity contribution in [2.45, 2.75) is 40.0 Å². The first kappa shape index (κ1) is 15.8. The molecule has 0 saturated carbocycles. The van der Waals surface area contributed by atoms with Gasteiger partial charge in [-0.15, -0.1) is 0 Å². The van der Waals surface area contributed by atoms with Gasteiger partial charge in [0.25, 0.3) is 5.91 Å². The van der Waals surface area contributed by atoms with Crippen LogP contribution in [0.5, 0.6) is 0 Å². The van der Waals surface area contributed by atoms with E-state index in [0.29, 0.717) is 5.41 Å². The Morgan fingerprint density at radius 1 is 1.20 bits per heavy atom. The molecule has 1 aliphatic heterocycles. The lowest BCUT2D eigenvalue weighted by molar-refractivity contribution is 0.0754. The molecule has 1 aromatic rings. The van der Waals surface area contributed by atoms with Crippen molar-refractivity contribution >= 4 is 28.5 Å². The highest BCUT2D eigenvalue weighted by molar-refractivity contribution is 14.1. The summed E-state index contributed by atoms with van der Waals surface area (Å²) in [4.78, 5) is 14.7. The molecule has 0 spiro atoms. The number of rotatable bonds is 1. The molecule has 0 aromatic heterocycles. The van der Waals surface area contributed by atoms with Crippen molar-refractivity contribution in [3.05, 3.63) is 33.4 Å². The molecule has 20 heavy (non-hydrogen) atoms. The van der Waals surface area contributed by atoms with E-state index in [1.165, 1.54) is 6.42 Å². The van der Waals surface area contributed by atoms with Gasteiger partial charge in [-0.2, -0.15) is 0 Å². The largest absolute Gasteiger partial charge is 0.339 e. The maximum Gasteiger partial charge on any atom is 0.254 e. The molecule has 0 N–H and O–H groups in total. The van der Waals surface area contributed by atoms with Crippen molar-refractivity contribution < 1.29 is 4.79 Å². The van der Waals surface area contributed by atoms with Gasteiger partial charge in [-0.3, -0.25) is 4.79 Å². The van der Waals surface area contributed by atoms with Gasteiger partial charge in [0.2, 0.25) is 0 Å². The Morgan fingerprint density at radius 3 is 2.55 bits per heavy atom. The van der Waals surface area contributed by atoms with Crippen LogP contribution in [0.25, 0.3) is 0 Å². The number of benzene rings is 1. The molecule has 3 heteroatoms. The molecule has 1 atom stereocenters. The molecular weight excluding hydrogens is 361 g/mol. The minimum atomic E-state index is 0.199. The van der Waals surface area contributed by atoms with Gasteiger partial charge in [0.1, 0.15) is 0 Å². The SMILES string of the molecule is CC(C)(C)C1CCCN(C(=O)c2ccccc2I)CC1. The lowest BCUT2D eigenvalue weighted by Gasteiger charge is -2.29. The maximum atomic E-state index is 12.7. The monoisotopic (exact) mass is 385 g/mol. The average Bonchev–Trinajstić information content (AvgIpc) is 2.63. The predicted molar refractivity (Wildman–Crippen MR) is 91.9 cm³/mol. The quantitative estimate of drug-likeness (QED) is 0.648. The summed E-state index contributed by atoms with van der Waals surface area (Å²) in [6.07, 6.45) is 3.48. The summed E-state index contributed by atoms with van der Waals surface area (Å²) in [5.41, 5.74) is 1.20. The van der Waals surface area contributed by atoms with E-state index >= 15 is 0 Å². The Hall–Kier alpha value is -0.580. The highest BCUT2D eigenvalue weighted by Crippen LogP contribution is 2.34. The van der Waals surface area contributed by atoms with Crippen molar-refractivity contribution in [3.63, 3.8) is 0 Å². The summed E-state index contributed by atoms with van der Waals surface area (Å²) in [5.74, 6) is 0.916. The third-order valence-electron chi connectivity index (χ3n) is 4.34. The lowest BCUT2D eigenvalue weighted by atomic mass is 9.77. The summed E-state index contributed by atoms with van der Waals surface area (Å²) >= 11 is 2.25. The van der Waals surface area contributed by atoms with E-state index in [4.69, 9.17) is 0 Å². The zero-order valence-electron chi connectivity index (χ0n) is 12.7. The standard InChI is InChI=1S/C17H24INO/c1-17(2,3)13-7-6-11-19(12-10-13)16(20)14-8-4-5-9-15(14)18/h4-5,8-9,13H,6-7,10-12H2,1-3H3. The second-order valence-electron chi connectivity index (χ2n) is 6.77. The van der Waals surface area contributed by atoms with Crippen LogP contribution in [0.3, 0.4) is 0 Å². The van der Waals surface area contributed by atoms with Crippen molar-refractivity contribution in [2.24, 2.45) is 11.3 Å². The number of hydrogen-bond donors (Lipinski definition) is 0. The summed E-state index contributed by atoms with van der Waals surface area (Å²) in [5, 5.41) is 0. The molecule has 1 heterocycles. The number of hydrogen-bond acceptors (Lipinski definition) is 1. The van der Waals surface area contributed by atoms with Crippen molar-refractivity contribution in [1.82, 2.24) is 4.90 Å². The fourth-order valence-electron chi connectivity index (χ4n) is 2.97. The van der Waals surface area contributed by atoms with Crippen LogP contribution in [0.1, 0.15) is 50.4 Å². The molecule has 0 radical (unpaired) electrons. The predicted octanol–water partition coefficient (Wildman–Crippen LogP) is 4.58. The second-order valence-corrected chi connectivity index (χ2v) is 7.93. The minimum Gasteiger partial charge on any atom is -0.339 e. The molecule has 1 unspecified atom stereocenters. The summed E-state index contributed by atoms with van der Waals surface area (Å²) in [6.45, 7) is 8.74. The third-order valence-corrected chi connectivity index (χ3v) is 5.28. The Bertz CT molecular complexity index is 478. The van der Waals surface area contributed by atoms with Gasteiger partial charge in [-0.05, 0) is 65.3 Å². The molecule has 1 amide bonds. The van der Waals surface area contributed by atoms with Crippen LogP contribution in [-0.4, -0.2) is 23.9 Å². The smallest absolute Gasteiger partial charge is 0.254 e. The van der Waals surface area contributed by atoms with Crippen molar-refractivity contribution in [1.29, 1.82) is 0 Å². The average molecular weight is 385 g/mol. The van der Waals surface area contributed by atoms with Gasteiger partial charge in [0.15, 0.2) is 0 Å². The van der Waals surface area contributed by atoms with E-state index in [9.17, 15) is 4.79 Å². The first-order valence-electron chi connectivity index (χ1n) is 7.43. The molecular formula is C17H24INO. The van der Waals surface area contributed by atoms with E-state index in [1.54, 1.807) is 0 Å². The highest BCUT2D eigenvalue weighted by Gasteiger charge is 2.29. The molecule has 0 aliphatic carbocycles. The van der Waals surface area contributed by atoms with Crippen LogP contribution >= 0.6 is 22.6 Å². The topological polar surface area (TPSA) is 20.3 Å². The van der Waals surface area contributed by atoms with Gasteiger partial charge >= 0.3 is 0 Å². The maximum absolute atomic E-state index is 12.7. The number of nitrogens with zero attached hydrogens (tertiary/aromatic N) is 1. The molecule has 110 valence electrons.